The van der Waals surface area contributed by atoms with Crippen molar-refractivity contribution in [3.63, 3.8) is 0 Å². The Hall–Kier alpha value is -1.99. The molecule has 0 spiro atoms. The molecule has 5 nitrogen and oxygen atoms in total. The van der Waals surface area contributed by atoms with E-state index in [4.69, 9.17) is 0 Å². The van der Waals surface area contributed by atoms with E-state index in [1.165, 1.54) is 16.9 Å². The minimum absolute atomic E-state index is 0.0193. The van der Waals surface area contributed by atoms with Gasteiger partial charge < -0.3 is 10.3 Å². The molecule has 2 N–H and O–H groups in total. The Morgan fingerprint density at radius 2 is 2.03 bits per heavy atom. The molecule has 29 heavy (non-hydrogen) atoms. The first-order chi connectivity index (χ1) is 14.0. The standard InChI is InChI=1S/C22H24BrN3O2S/c1-2-16(13-7-9-14(23)10-8-13)24-19(27)12-11-18-25-21(28)20-15-5-3-4-6-17(15)29-22(20)26-18/h7-10,16H,2-6,11-12H2,1H3,(H,24,27)(H,25,26,28)/t16-/m1/s1. The minimum atomic E-state index is -0.0638. The van der Waals surface area contributed by atoms with Gasteiger partial charge in [0.15, 0.2) is 0 Å². The second-order valence-corrected chi connectivity index (χ2v) is 9.48. The van der Waals surface area contributed by atoms with E-state index in [1.807, 2.05) is 24.3 Å². The molecule has 1 amide bonds. The van der Waals surface area contributed by atoms with Gasteiger partial charge in [0.1, 0.15) is 10.7 Å². The van der Waals surface area contributed by atoms with Crippen LogP contribution in [0.2, 0.25) is 0 Å². The lowest BCUT2D eigenvalue weighted by Gasteiger charge is -2.17. The van der Waals surface area contributed by atoms with E-state index in [-0.39, 0.29) is 17.5 Å². The highest BCUT2D eigenvalue weighted by Crippen LogP contribution is 2.33. The highest BCUT2D eigenvalue weighted by molar-refractivity contribution is 9.10. The molecule has 0 unspecified atom stereocenters. The zero-order chi connectivity index (χ0) is 20.4. The van der Waals surface area contributed by atoms with Crippen molar-refractivity contribution in [2.24, 2.45) is 0 Å². The highest BCUT2D eigenvalue weighted by Gasteiger charge is 2.20. The van der Waals surface area contributed by atoms with Gasteiger partial charge in [-0.05, 0) is 55.4 Å². The van der Waals surface area contributed by atoms with E-state index < -0.39 is 0 Å². The molecule has 1 atom stereocenters. The zero-order valence-corrected chi connectivity index (χ0v) is 18.8. The van der Waals surface area contributed by atoms with Gasteiger partial charge in [-0.1, -0.05) is 35.0 Å². The number of carbonyl (C=O) groups excluding carboxylic acids is 1. The number of halogens is 1. The summed E-state index contributed by atoms with van der Waals surface area (Å²) >= 11 is 5.08. The predicted octanol–water partition coefficient (Wildman–Crippen LogP) is 4.83. The van der Waals surface area contributed by atoms with Gasteiger partial charge in [-0.15, -0.1) is 11.3 Å². The van der Waals surface area contributed by atoms with Crippen molar-refractivity contribution >= 4 is 43.4 Å². The normalized spacial score (nSPS) is 14.6. The van der Waals surface area contributed by atoms with Crippen LogP contribution < -0.4 is 10.9 Å². The maximum atomic E-state index is 12.6. The van der Waals surface area contributed by atoms with Crippen LogP contribution in [0.3, 0.4) is 0 Å². The first kappa shape index (κ1) is 20.3. The predicted molar refractivity (Wildman–Crippen MR) is 121 cm³/mol. The van der Waals surface area contributed by atoms with Crippen molar-refractivity contribution in [1.29, 1.82) is 0 Å². The Morgan fingerprint density at radius 1 is 1.28 bits per heavy atom. The van der Waals surface area contributed by atoms with Crippen molar-refractivity contribution in [2.75, 3.05) is 0 Å². The zero-order valence-electron chi connectivity index (χ0n) is 16.4. The summed E-state index contributed by atoms with van der Waals surface area (Å²) in [5.41, 5.74) is 2.21. The second-order valence-electron chi connectivity index (χ2n) is 7.48. The van der Waals surface area contributed by atoms with Crippen molar-refractivity contribution in [1.82, 2.24) is 15.3 Å². The average Bonchev–Trinajstić information content (AvgIpc) is 3.10. The summed E-state index contributed by atoms with van der Waals surface area (Å²) in [5.74, 6) is 0.556. The molecule has 1 aromatic carbocycles. The molecule has 152 valence electrons. The Balaban J connectivity index is 1.44. The van der Waals surface area contributed by atoms with Crippen LogP contribution in [-0.4, -0.2) is 15.9 Å². The van der Waals surface area contributed by atoms with Gasteiger partial charge in [0.2, 0.25) is 5.91 Å². The van der Waals surface area contributed by atoms with Gasteiger partial charge in [-0.2, -0.15) is 0 Å². The third-order valence-corrected chi connectivity index (χ3v) is 7.19. The molecule has 0 radical (unpaired) electrons. The van der Waals surface area contributed by atoms with Crippen molar-refractivity contribution < 1.29 is 4.79 Å². The largest absolute Gasteiger partial charge is 0.349 e. The smallest absolute Gasteiger partial charge is 0.259 e. The first-order valence-corrected chi connectivity index (χ1v) is 11.7. The van der Waals surface area contributed by atoms with Crippen LogP contribution in [0, 0.1) is 0 Å². The minimum Gasteiger partial charge on any atom is -0.349 e. The number of rotatable bonds is 6. The highest BCUT2D eigenvalue weighted by atomic mass is 79.9. The number of fused-ring (bicyclic) bond motifs is 3. The van der Waals surface area contributed by atoms with Gasteiger partial charge >= 0.3 is 0 Å². The van der Waals surface area contributed by atoms with Crippen molar-refractivity contribution in [3.8, 4) is 0 Å². The van der Waals surface area contributed by atoms with Gasteiger partial charge in [0, 0.05) is 22.2 Å². The number of H-pyrrole nitrogens is 1. The van der Waals surface area contributed by atoms with Gasteiger partial charge in [-0.25, -0.2) is 4.98 Å². The number of hydrogen-bond donors (Lipinski definition) is 2. The number of aryl methyl sites for hydroxylation is 3. The van der Waals surface area contributed by atoms with E-state index in [0.717, 1.165) is 45.9 Å². The van der Waals surface area contributed by atoms with E-state index in [9.17, 15) is 9.59 Å². The van der Waals surface area contributed by atoms with Crippen LogP contribution in [0.25, 0.3) is 10.2 Å². The monoisotopic (exact) mass is 473 g/mol. The average molecular weight is 474 g/mol. The molecule has 0 aliphatic heterocycles. The van der Waals surface area contributed by atoms with Gasteiger partial charge in [0.05, 0.1) is 11.4 Å². The summed E-state index contributed by atoms with van der Waals surface area (Å²) in [6.45, 7) is 2.05. The van der Waals surface area contributed by atoms with E-state index in [0.29, 0.717) is 18.7 Å². The second kappa shape index (κ2) is 8.79. The molecule has 0 fully saturated rings. The summed E-state index contributed by atoms with van der Waals surface area (Å²) in [7, 11) is 0. The third kappa shape index (κ3) is 4.46. The fourth-order valence-corrected chi connectivity index (χ4v) is 5.49. The Morgan fingerprint density at radius 3 is 2.79 bits per heavy atom. The number of aromatic amines is 1. The fourth-order valence-electron chi connectivity index (χ4n) is 3.94. The molecule has 3 aromatic rings. The topological polar surface area (TPSA) is 74.8 Å². The molecular weight excluding hydrogens is 450 g/mol. The maximum Gasteiger partial charge on any atom is 0.259 e. The number of aromatic nitrogens is 2. The molecule has 0 saturated heterocycles. The third-order valence-electron chi connectivity index (χ3n) is 5.48. The van der Waals surface area contributed by atoms with E-state index >= 15 is 0 Å². The maximum absolute atomic E-state index is 12.6. The molecule has 1 aliphatic carbocycles. The molecule has 1 aliphatic rings. The Kier molecular flexibility index (Phi) is 6.15. The van der Waals surface area contributed by atoms with E-state index in [1.54, 1.807) is 11.3 Å². The van der Waals surface area contributed by atoms with Gasteiger partial charge in [-0.3, -0.25) is 9.59 Å². The van der Waals surface area contributed by atoms with Crippen LogP contribution in [-0.2, 0) is 24.1 Å². The van der Waals surface area contributed by atoms with Crippen molar-refractivity contribution in [2.45, 2.75) is 57.9 Å². The summed E-state index contributed by atoms with van der Waals surface area (Å²) in [5, 5.41) is 3.86. The van der Waals surface area contributed by atoms with E-state index in [2.05, 4.69) is 38.1 Å². The number of hydrogen-bond acceptors (Lipinski definition) is 4. The Labute approximate surface area is 182 Å². The number of thiophene rings is 1. The lowest BCUT2D eigenvalue weighted by atomic mass is 9.97. The van der Waals surface area contributed by atoms with Crippen LogP contribution >= 0.6 is 27.3 Å². The van der Waals surface area contributed by atoms with Crippen LogP contribution in [0.15, 0.2) is 33.5 Å². The fraction of sp³-hybridized carbons (Fsp3) is 0.409. The quantitative estimate of drug-likeness (QED) is 0.538. The molecule has 0 bridgehead atoms. The summed E-state index contributed by atoms with van der Waals surface area (Å²) in [6.07, 6.45) is 5.87. The SMILES string of the molecule is CC[C@@H](NC(=O)CCc1nc2sc3c(c2c(=O)[nH]1)CCCC3)c1ccc(Br)cc1. The molecule has 2 heterocycles. The number of nitrogens with one attached hydrogen (secondary N) is 2. The van der Waals surface area contributed by atoms with Gasteiger partial charge in [0.25, 0.3) is 5.56 Å². The summed E-state index contributed by atoms with van der Waals surface area (Å²) in [6, 6.07) is 7.98. The first-order valence-electron chi connectivity index (χ1n) is 10.1. The van der Waals surface area contributed by atoms with Crippen LogP contribution in [0.5, 0.6) is 0 Å². The van der Waals surface area contributed by atoms with Crippen LogP contribution in [0.4, 0.5) is 0 Å². The lowest BCUT2D eigenvalue weighted by Crippen LogP contribution is -2.28. The molecular formula is C22H24BrN3O2S. The Bertz CT molecular complexity index is 1090. The molecule has 7 heteroatoms. The summed E-state index contributed by atoms with van der Waals surface area (Å²) in [4.78, 5) is 34.8. The number of nitrogens with zero attached hydrogens (tertiary/aromatic N) is 1. The van der Waals surface area contributed by atoms with Crippen molar-refractivity contribution in [3.05, 3.63) is 60.9 Å². The summed E-state index contributed by atoms with van der Waals surface area (Å²) < 4.78 is 1.02. The van der Waals surface area contributed by atoms with Crippen LogP contribution in [0.1, 0.15) is 60.5 Å². The number of benzene rings is 1. The number of amides is 1. The number of carbonyl (C=O) groups is 1. The molecule has 4 rings (SSSR count). The lowest BCUT2D eigenvalue weighted by molar-refractivity contribution is -0.121. The molecule has 0 saturated carbocycles. The molecule has 2 aromatic heterocycles.